The number of carbonyl (C=O) groups excluding carboxylic acids is 1. The van der Waals surface area contributed by atoms with Crippen LogP contribution in [0.15, 0.2) is 18.2 Å². The predicted octanol–water partition coefficient (Wildman–Crippen LogP) is 3.08. The fourth-order valence-corrected chi connectivity index (χ4v) is 1.70. The van der Waals surface area contributed by atoms with Gasteiger partial charge >= 0.3 is 12.1 Å². The summed E-state index contributed by atoms with van der Waals surface area (Å²) < 4.78 is 38.9. The van der Waals surface area contributed by atoms with E-state index in [2.05, 4.69) is 0 Å². The molecule has 0 heterocycles. The summed E-state index contributed by atoms with van der Waals surface area (Å²) in [5.74, 6) is -3.37. The lowest BCUT2D eigenvalue weighted by Gasteiger charge is -2.28. The van der Waals surface area contributed by atoms with E-state index >= 15 is 0 Å². The van der Waals surface area contributed by atoms with Gasteiger partial charge in [-0.25, -0.2) is 4.79 Å². The van der Waals surface area contributed by atoms with Crippen LogP contribution < -0.4 is 5.32 Å². The first kappa shape index (κ1) is 17.0. The number of carboxylic acids is 1. The molecule has 0 radical (unpaired) electrons. The standard InChI is InChI=1S/C11H8ClF3INO3/c1-10(9(19)20,11(13,14)15)17-8(18)5-2-3-7(16)6(12)4-5/h2-4H,1H3,(H,17,18)(H,19,20). The summed E-state index contributed by atoms with van der Waals surface area (Å²) in [6, 6.07) is 3.85. The van der Waals surface area contributed by atoms with Crippen LogP contribution in [0.1, 0.15) is 17.3 Å². The molecule has 1 amide bonds. The maximum absolute atomic E-state index is 12.8. The highest BCUT2D eigenvalue weighted by atomic mass is 127. The number of rotatable bonds is 3. The number of carboxylic acid groups (broad SMARTS) is 1. The molecule has 4 nitrogen and oxygen atoms in total. The Morgan fingerprint density at radius 3 is 2.30 bits per heavy atom. The summed E-state index contributed by atoms with van der Waals surface area (Å²) >= 11 is 7.63. The van der Waals surface area contributed by atoms with Gasteiger partial charge in [0.25, 0.3) is 5.91 Å². The van der Waals surface area contributed by atoms with E-state index in [9.17, 15) is 22.8 Å². The highest BCUT2D eigenvalue weighted by molar-refractivity contribution is 14.1. The molecule has 0 fully saturated rings. The lowest BCUT2D eigenvalue weighted by molar-refractivity contribution is -0.203. The zero-order valence-electron chi connectivity index (χ0n) is 9.89. The van der Waals surface area contributed by atoms with E-state index in [0.717, 1.165) is 6.07 Å². The summed E-state index contributed by atoms with van der Waals surface area (Å²) in [4.78, 5) is 22.5. The molecule has 0 saturated heterocycles. The van der Waals surface area contributed by atoms with Crippen LogP contribution in [0.3, 0.4) is 0 Å². The van der Waals surface area contributed by atoms with Gasteiger partial charge in [0.2, 0.25) is 5.54 Å². The van der Waals surface area contributed by atoms with E-state index in [0.29, 0.717) is 10.5 Å². The second-order valence-corrected chi connectivity index (χ2v) is 5.58. The number of halogens is 5. The van der Waals surface area contributed by atoms with Gasteiger partial charge in [-0.2, -0.15) is 13.2 Å². The Morgan fingerprint density at radius 1 is 1.35 bits per heavy atom. The lowest BCUT2D eigenvalue weighted by Crippen LogP contribution is -2.61. The van der Waals surface area contributed by atoms with Crippen LogP contribution in [-0.2, 0) is 4.79 Å². The molecule has 2 N–H and O–H groups in total. The van der Waals surface area contributed by atoms with Crippen molar-refractivity contribution in [1.29, 1.82) is 0 Å². The quantitative estimate of drug-likeness (QED) is 0.737. The first-order chi connectivity index (χ1) is 8.99. The smallest absolute Gasteiger partial charge is 0.422 e. The molecule has 110 valence electrons. The van der Waals surface area contributed by atoms with E-state index in [1.165, 1.54) is 17.4 Å². The fraction of sp³-hybridized carbons (Fsp3) is 0.273. The number of aliphatic carboxylic acids is 1. The van der Waals surface area contributed by atoms with Gasteiger partial charge in [-0.05, 0) is 47.7 Å². The van der Waals surface area contributed by atoms with Gasteiger partial charge in [0.1, 0.15) is 0 Å². The molecule has 0 saturated carbocycles. The third kappa shape index (κ3) is 3.35. The van der Waals surface area contributed by atoms with Gasteiger partial charge in [0.05, 0.1) is 5.02 Å². The maximum atomic E-state index is 12.8. The molecule has 1 rings (SSSR count). The van der Waals surface area contributed by atoms with Gasteiger partial charge in [0, 0.05) is 9.13 Å². The van der Waals surface area contributed by atoms with Crippen molar-refractivity contribution >= 4 is 46.1 Å². The van der Waals surface area contributed by atoms with Crippen LogP contribution in [0.2, 0.25) is 5.02 Å². The Morgan fingerprint density at radius 2 is 1.90 bits per heavy atom. The number of hydrogen-bond acceptors (Lipinski definition) is 2. The molecular weight excluding hydrogens is 413 g/mol. The summed E-state index contributed by atoms with van der Waals surface area (Å²) in [7, 11) is 0. The van der Waals surface area contributed by atoms with Crippen molar-refractivity contribution in [1.82, 2.24) is 5.32 Å². The number of alkyl halides is 3. The zero-order valence-corrected chi connectivity index (χ0v) is 12.8. The van der Waals surface area contributed by atoms with Gasteiger partial charge in [0.15, 0.2) is 0 Å². The molecule has 1 unspecified atom stereocenters. The molecule has 1 aromatic rings. The van der Waals surface area contributed by atoms with Crippen molar-refractivity contribution in [2.45, 2.75) is 18.6 Å². The van der Waals surface area contributed by atoms with Gasteiger partial charge in [-0.1, -0.05) is 11.6 Å². The summed E-state index contributed by atoms with van der Waals surface area (Å²) in [5, 5.41) is 10.4. The van der Waals surface area contributed by atoms with Crippen molar-refractivity contribution in [3.63, 3.8) is 0 Å². The van der Waals surface area contributed by atoms with Gasteiger partial charge in [-0.3, -0.25) is 4.79 Å². The van der Waals surface area contributed by atoms with Crippen LogP contribution in [-0.4, -0.2) is 28.7 Å². The summed E-state index contributed by atoms with van der Waals surface area (Å²) in [6.45, 7) is 0.377. The highest BCUT2D eigenvalue weighted by Crippen LogP contribution is 2.31. The Hall–Kier alpha value is -1.03. The Bertz CT molecular complexity index is 564. The largest absolute Gasteiger partial charge is 0.479 e. The maximum Gasteiger partial charge on any atom is 0.422 e. The first-order valence-electron chi connectivity index (χ1n) is 5.06. The minimum absolute atomic E-state index is 0.160. The molecule has 0 bridgehead atoms. The molecule has 1 atom stereocenters. The summed E-state index contributed by atoms with van der Waals surface area (Å²) in [5.41, 5.74) is -3.54. The van der Waals surface area contributed by atoms with Crippen LogP contribution >= 0.6 is 34.2 Å². The Labute approximate surface area is 130 Å². The van der Waals surface area contributed by atoms with Crippen molar-refractivity contribution in [3.8, 4) is 0 Å². The molecular formula is C11H8ClF3INO3. The Balaban J connectivity index is 3.09. The summed E-state index contributed by atoms with van der Waals surface area (Å²) in [6.07, 6.45) is -5.14. The number of carbonyl (C=O) groups is 2. The van der Waals surface area contributed by atoms with Crippen LogP contribution in [0, 0.1) is 3.57 Å². The minimum atomic E-state index is -5.14. The van der Waals surface area contributed by atoms with E-state index in [1.54, 1.807) is 0 Å². The van der Waals surface area contributed by atoms with Crippen LogP contribution in [0.25, 0.3) is 0 Å². The number of benzene rings is 1. The number of nitrogens with one attached hydrogen (secondary N) is 1. The molecule has 0 spiro atoms. The minimum Gasteiger partial charge on any atom is -0.479 e. The predicted molar refractivity (Wildman–Crippen MR) is 73.7 cm³/mol. The molecule has 0 aliphatic carbocycles. The zero-order chi connectivity index (χ0) is 15.7. The van der Waals surface area contributed by atoms with Crippen molar-refractivity contribution in [3.05, 3.63) is 32.4 Å². The molecule has 0 aliphatic rings. The third-order valence-electron chi connectivity index (χ3n) is 2.54. The number of hydrogen-bond donors (Lipinski definition) is 2. The molecule has 1 aromatic carbocycles. The first-order valence-corrected chi connectivity index (χ1v) is 6.52. The normalized spacial score (nSPS) is 14.5. The van der Waals surface area contributed by atoms with Crippen molar-refractivity contribution in [2.75, 3.05) is 0 Å². The second kappa shape index (κ2) is 5.76. The molecule has 0 aliphatic heterocycles. The van der Waals surface area contributed by atoms with Gasteiger partial charge < -0.3 is 10.4 Å². The second-order valence-electron chi connectivity index (χ2n) is 4.01. The third-order valence-corrected chi connectivity index (χ3v) is 4.11. The topological polar surface area (TPSA) is 66.4 Å². The van der Waals surface area contributed by atoms with E-state index in [-0.39, 0.29) is 10.6 Å². The van der Waals surface area contributed by atoms with E-state index < -0.39 is 23.6 Å². The van der Waals surface area contributed by atoms with E-state index in [4.69, 9.17) is 16.7 Å². The van der Waals surface area contributed by atoms with Crippen LogP contribution in [0.4, 0.5) is 13.2 Å². The number of amides is 1. The van der Waals surface area contributed by atoms with E-state index in [1.807, 2.05) is 22.6 Å². The highest BCUT2D eigenvalue weighted by Gasteiger charge is 2.58. The van der Waals surface area contributed by atoms with Crippen molar-refractivity contribution < 1.29 is 27.9 Å². The molecule has 20 heavy (non-hydrogen) atoms. The lowest BCUT2D eigenvalue weighted by atomic mass is 10.0. The Kier molecular flexibility index (Phi) is 4.90. The SMILES string of the molecule is CC(NC(=O)c1ccc(I)c(Cl)c1)(C(=O)O)C(F)(F)F. The van der Waals surface area contributed by atoms with Gasteiger partial charge in [-0.15, -0.1) is 0 Å². The fourth-order valence-electron chi connectivity index (χ4n) is 1.18. The van der Waals surface area contributed by atoms with Crippen molar-refractivity contribution in [2.24, 2.45) is 0 Å². The monoisotopic (exact) mass is 421 g/mol. The average molecular weight is 422 g/mol. The van der Waals surface area contributed by atoms with Crippen LogP contribution in [0.5, 0.6) is 0 Å². The molecule has 0 aromatic heterocycles. The molecule has 9 heteroatoms. The average Bonchev–Trinajstić information content (AvgIpc) is 2.30.